The number of amides is 5. The molecule has 6 heterocycles. The van der Waals surface area contributed by atoms with Crippen molar-refractivity contribution in [2.75, 3.05) is 62.4 Å². The Bertz CT molecular complexity index is 2970. The third-order valence-corrected chi connectivity index (χ3v) is 13.6. The normalized spacial score (nSPS) is 16.1. The molecule has 2 aliphatic rings. The fourth-order valence-corrected chi connectivity index (χ4v) is 9.52. The van der Waals surface area contributed by atoms with Gasteiger partial charge in [-0.25, -0.2) is 15.0 Å². The highest BCUT2D eigenvalue weighted by Gasteiger charge is 2.44. The zero-order chi connectivity index (χ0) is 52.0. The van der Waals surface area contributed by atoms with Crippen molar-refractivity contribution in [3.05, 3.63) is 95.6 Å². The lowest BCUT2D eigenvalue weighted by Gasteiger charge is -2.37. The van der Waals surface area contributed by atoms with Gasteiger partial charge in [0, 0.05) is 65.9 Å². The molecule has 22 nitrogen and oxygen atoms in total. The van der Waals surface area contributed by atoms with Gasteiger partial charge in [-0.3, -0.25) is 28.7 Å². The average Bonchev–Trinajstić information content (AvgIpc) is 4.13. The predicted molar refractivity (Wildman–Crippen MR) is 274 cm³/mol. The molecule has 4 aromatic heterocycles. The van der Waals surface area contributed by atoms with Crippen LogP contribution in [0.15, 0.2) is 78.7 Å². The Hall–Kier alpha value is -8.05. The number of nitrogens with one attached hydrogen (secondary N) is 5. The molecule has 2 aliphatic heterocycles. The number of anilines is 5. The molecule has 0 bridgehead atoms. The molecule has 2 fully saturated rings. The molecule has 0 saturated carbocycles. The molecule has 382 valence electrons. The van der Waals surface area contributed by atoms with Crippen LogP contribution in [0.3, 0.4) is 0 Å². The van der Waals surface area contributed by atoms with Crippen molar-refractivity contribution < 1.29 is 33.8 Å². The number of piperazine rings is 1. The highest BCUT2D eigenvalue weighted by Crippen LogP contribution is 2.37. The number of methoxy groups -OCH3 is 1. The van der Waals surface area contributed by atoms with Gasteiger partial charge in [0.25, 0.3) is 5.91 Å². The van der Waals surface area contributed by atoms with Crippen LogP contribution in [0.1, 0.15) is 55.4 Å². The molecule has 8 rings (SSSR count). The largest absolute Gasteiger partial charge is 0.494 e. The van der Waals surface area contributed by atoms with Gasteiger partial charge in [0.2, 0.25) is 23.6 Å². The number of aryl methyl sites for hydroxylation is 2. The summed E-state index contributed by atoms with van der Waals surface area (Å²) in [6.07, 6.45) is 1.95. The number of carbonyl (C=O) groups is 5. The minimum atomic E-state index is -1.08. The van der Waals surface area contributed by atoms with Gasteiger partial charge in [-0.05, 0) is 47.7 Å². The molecule has 6 aromatic rings. The number of pyridine rings is 1. The van der Waals surface area contributed by atoms with Gasteiger partial charge < -0.3 is 51.1 Å². The van der Waals surface area contributed by atoms with Gasteiger partial charge in [-0.1, -0.05) is 51.1 Å². The lowest BCUT2D eigenvalue weighted by molar-refractivity contribution is -0.145. The van der Waals surface area contributed by atoms with Gasteiger partial charge in [0.05, 0.1) is 58.1 Å². The number of aliphatic hydroxyl groups is 1. The van der Waals surface area contributed by atoms with Crippen LogP contribution in [0.5, 0.6) is 5.75 Å². The number of para-hydroxylation sites is 1. The summed E-state index contributed by atoms with van der Waals surface area (Å²) in [6, 6.07) is 16.5. The number of thiazole rings is 1. The van der Waals surface area contributed by atoms with Crippen LogP contribution >= 0.6 is 11.3 Å². The maximum absolute atomic E-state index is 14.2. The number of ether oxygens (including phenoxy) is 1. The van der Waals surface area contributed by atoms with Crippen molar-refractivity contribution in [3.63, 3.8) is 0 Å². The van der Waals surface area contributed by atoms with Crippen molar-refractivity contribution in [2.24, 2.45) is 12.5 Å². The van der Waals surface area contributed by atoms with Crippen molar-refractivity contribution >= 4 is 69.6 Å². The standard InChI is InChI=1S/C50H59N15O7S/c1-29-44(73-28-55-29)31-13-11-30(12-14-31)24-53-47(69)37-21-33(66)26-65(37)49(71)45(50(2,3)4)58-40(67)23-41(68)64-19-17-63(18-20-64)32-15-16-38(52-25-32)57-39-22-36(42(60-59-39)48(70)51-5)56-35-10-8-9-34(43(35)72-7)46-54-27-62(6)61-46/h8-16,22,25,27-28,33,37,45,66H,17-21,23-24,26H2,1-7H3,(H,51,70)(H,53,69)(H,58,67)(H2,52,56,57,59)/t33-,37?,45-/m1/s1. The molecule has 3 atom stereocenters. The number of hydrogen-bond donors (Lipinski definition) is 6. The first-order chi connectivity index (χ1) is 35.0. The molecular weight excluding hydrogens is 955 g/mol. The molecule has 23 heteroatoms. The van der Waals surface area contributed by atoms with Crippen LogP contribution in [0.2, 0.25) is 0 Å². The van der Waals surface area contributed by atoms with Gasteiger partial charge in [-0.2, -0.15) is 5.10 Å². The summed E-state index contributed by atoms with van der Waals surface area (Å²) in [5, 5.41) is 38.2. The Morgan fingerprint density at radius 1 is 0.918 bits per heavy atom. The summed E-state index contributed by atoms with van der Waals surface area (Å²) < 4.78 is 7.35. The maximum atomic E-state index is 14.2. The van der Waals surface area contributed by atoms with Crippen LogP contribution < -0.4 is 36.2 Å². The molecule has 0 spiro atoms. The summed E-state index contributed by atoms with van der Waals surface area (Å²) in [6.45, 7) is 9.15. The summed E-state index contributed by atoms with van der Waals surface area (Å²) >= 11 is 1.56. The van der Waals surface area contributed by atoms with E-state index in [1.807, 2.05) is 49.4 Å². The first kappa shape index (κ1) is 51.3. The van der Waals surface area contributed by atoms with Gasteiger partial charge in [0.15, 0.2) is 23.1 Å². The summed E-state index contributed by atoms with van der Waals surface area (Å²) in [7, 11) is 4.81. The van der Waals surface area contributed by atoms with Crippen LogP contribution in [0.25, 0.3) is 21.8 Å². The average molecular weight is 1010 g/mol. The van der Waals surface area contributed by atoms with E-state index in [0.29, 0.717) is 66.3 Å². The Labute approximate surface area is 426 Å². The Balaban J connectivity index is 0.836. The maximum Gasteiger partial charge on any atom is 0.273 e. The number of carbonyl (C=O) groups excluding carboxylic acids is 5. The number of benzene rings is 2. The number of nitrogens with zero attached hydrogens (tertiary/aromatic N) is 10. The Morgan fingerprint density at radius 3 is 2.33 bits per heavy atom. The minimum absolute atomic E-state index is 0.0508. The Morgan fingerprint density at radius 2 is 1.68 bits per heavy atom. The van der Waals surface area contributed by atoms with Crippen LogP contribution in [0.4, 0.5) is 28.7 Å². The molecule has 0 radical (unpaired) electrons. The molecule has 2 saturated heterocycles. The third kappa shape index (κ3) is 12.0. The number of β-amino-alcohol motifs (C(OH)–C–C–N with tert-alkyl or cyclic N) is 1. The van der Waals surface area contributed by atoms with Crippen molar-refractivity contribution in [2.45, 2.75) is 65.3 Å². The topological polar surface area (TPSA) is 267 Å². The van der Waals surface area contributed by atoms with E-state index in [2.05, 4.69) is 61.7 Å². The van der Waals surface area contributed by atoms with E-state index >= 15 is 0 Å². The van der Waals surface area contributed by atoms with Gasteiger partial charge >= 0.3 is 0 Å². The van der Waals surface area contributed by atoms with E-state index in [0.717, 1.165) is 27.4 Å². The number of likely N-dealkylation sites (tertiary alicyclic amines) is 1. The minimum Gasteiger partial charge on any atom is -0.494 e. The second-order valence-corrected chi connectivity index (χ2v) is 19.7. The quantitative estimate of drug-likeness (QED) is 0.0753. The smallest absolute Gasteiger partial charge is 0.273 e. The molecule has 0 aliphatic carbocycles. The third-order valence-electron chi connectivity index (χ3n) is 12.6. The van der Waals surface area contributed by atoms with Crippen molar-refractivity contribution in [3.8, 4) is 27.6 Å². The van der Waals surface area contributed by atoms with Crippen molar-refractivity contribution in [1.29, 1.82) is 0 Å². The van der Waals surface area contributed by atoms with Crippen LogP contribution in [-0.4, -0.2) is 144 Å². The number of rotatable bonds is 16. The van der Waals surface area contributed by atoms with E-state index in [1.165, 1.54) is 19.1 Å². The predicted octanol–water partition coefficient (Wildman–Crippen LogP) is 3.80. The SMILES string of the molecule is CNC(=O)c1nnc(Nc2ccc(N3CCN(C(=O)CC(=O)N[C@H](C(=O)N4C[C@H](O)CC4C(=O)NCc4ccc(-c5scnc5C)cc4)C(C)(C)C)CC3)cn2)cc1Nc1cccc(-c2ncn(C)n2)c1OC. The highest BCUT2D eigenvalue weighted by atomic mass is 32.1. The number of hydrogen-bond acceptors (Lipinski definition) is 17. The van der Waals surface area contributed by atoms with E-state index in [9.17, 15) is 29.1 Å². The molecular formula is C50H59N15O7S. The molecule has 2 aromatic carbocycles. The monoisotopic (exact) mass is 1010 g/mol. The molecule has 1 unspecified atom stereocenters. The first-order valence-electron chi connectivity index (χ1n) is 23.7. The Kier molecular flexibility index (Phi) is 15.6. The highest BCUT2D eigenvalue weighted by molar-refractivity contribution is 7.13. The van der Waals surface area contributed by atoms with Gasteiger partial charge in [-0.15, -0.1) is 21.5 Å². The van der Waals surface area contributed by atoms with Crippen LogP contribution in [0, 0.1) is 12.3 Å². The lowest BCUT2D eigenvalue weighted by atomic mass is 9.85. The molecule has 5 amide bonds. The van der Waals surface area contributed by atoms with E-state index < -0.39 is 53.7 Å². The number of aliphatic hydroxyl groups excluding tert-OH is 1. The molecule has 73 heavy (non-hydrogen) atoms. The number of aromatic nitrogens is 7. The molecule has 6 N–H and O–H groups in total. The summed E-state index contributed by atoms with van der Waals surface area (Å²) in [5.41, 5.74) is 6.26. The second kappa shape index (κ2) is 22.2. The second-order valence-electron chi connectivity index (χ2n) is 18.8. The van der Waals surface area contributed by atoms with Crippen molar-refractivity contribution in [1.82, 2.24) is 60.7 Å². The fraction of sp³-hybridized carbons (Fsp3) is 0.380. The van der Waals surface area contributed by atoms with E-state index in [-0.39, 0.29) is 31.1 Å². The van der Waals surface area contributed by atoms with E-state index in [4.69, 9.17) is 4.74 Å². The fourth-order valence-electron chi connectivity index (χ4n) is 8.71. The zero-order valence-electron chi connectivity index (χ0n) is 41.7. The van der Waals surface area contributed by atoms with Gasteiger partial charge in [0.1, 0.15) is 30.6 Å². The lowest BCUT2D eigenvalue weighted by Crippen LogP contribution is -2.58. The first-order valence-corrected chi connectivity index (χ1v) is 24.6. The summed E-state index contributed by atoms with van der Waals surface area (Å²) in [4.78, 5) is 86.9. The van der Waals surface area contributed by atoms with E-state index in [1.54, 1.807) is 85.0 Å². The zero-order valence-corrected chi connectivity index (χ0v) is 42.5. The summed E-state index contributed by atoms with van der Waals surface area (Å²) in [5.74, 6) is -0.669. The van der Waals surface area contributed by atoms with Crippen LogP contribution in [-0.2, 0) is 32.8 Å².